The molecule has 32 heavy (non-hydrogen) atoms. The lowest BCUT2D eigenvalue weighted by atomic mass is 9.83. The van der Waals surface area contributed by atoms with Crippen molar-refractivity contribution in [3.8, 4) is 0 Å². The lowest BCUT2D eigenvalue weighted by Crippen LogP contribution is -2.53. The van der Waals surface area contributed by atoms with E-state index in [0.717, 1.165) is 38.7 Å². The molecule has 1 aromatic carbocycles. The molecule has 0 bridgehead atoms. The smallest absolute Gasteiger partial charge is 0.414 e. The molecule has 2 aliphatic rings. The van der Waals surface area contributed by atoms with Gasteiger partial charge in [-0.15, -0.1) is 0 Å². The zero-order valence-electron chi connectivity index (χ0n) is 19.0. The molecule has 2 aromatic rings. The van der Waals surface area contributed by atoms with Crippen LogP contribution in [0.1, 0.15) is 47.7 Å². The van der Waals surface area contributed by atoms with Gasteiger partial charge in [0.05, 0.1) is 23.9 Å². The molecule has 0 amide bonds. The highest BCUT2D eigenvalue weighted by Crippen LogP contribution is 2.43. The number of rotatable bonds is 6. The molecule has 8 heteroatoms. The van der Waals surface area contributed by atoms with Gasteiger partial charge in [0, 0.05) is 23.9 Å². The minimum Gasteiger partial charge on any atom is -0.414 e. The highest BCUT2D eigenvalue weighted by molar-refractivity contribution is 6.59. The van der Waals surface area contributed by atoms with Crippen LogP contribution in [0.15, 0.2) is 42.1 Å². The van der Waals surface area contributed by atoms with E-state index in [1.807, 2.05) is 32.6 Å². The Labute approximate surface area is 193 Å². The quantitative estimate of drug-likeness (QED) is 0.479. The molecule has 1 N–H and O–H groups in total. The maximum Gasteiger partial charge on any atom is 0.640 e. The van der Waals surface area contributed by atoms with E-state index in [9.17, 15) is 0 Å². The third-order valence-corrected chi connectivity index (χ3v) is 6.68. The molecule has 0 aliphatic carbocycles. The van der Waals surface area contributed by atoms with E-state index in [-0.39, 0.29) is 11.8 Å². The van der Waals surface area contributed by atoms with Crippen LogP contribution in [-0.4, -0.2) is 51.5 Å². The van der Waals surface area contributed by atoms with Crippen molar-refractivity contribution in [3.63, 3.8) is 0 Å². The van der Waals surface area contributed by atoms with E-state index in [2.05, 4.69) is 12.1 Å². The Hall–Kier alpha value is -2.38. The standard InChI is InChI=1S/C24H29BClF2N3O/c1-5-29(12-6-7-13-32)22-11-9-20-24(23-17(3)14-16(2)15-18(23)4)19-8-10-21(26)30(19)25(27,28)31(20)22/h8-11,14-15,32H,5-7,12-13H2,1-4H3. The average Bonchev–Trinajstić information content (AvgIpc) is 3.33. The van der Waals surface area contributed by atoms with Gasteiger partial charge in [-0.25, -0.2) is 0 Å². The number of unbranched alkanes of at least 4 members (excludes halogenated alkanes) is 1. The number of nitrogens with zero attached hydrogens (tertiary/aromatic N) is 3. The third-order valence-electron chi connectivity index (χ3n) is 6.37. The summed E-state index contributed by atoms with van der Waals surface area (Å²) in [6.45, 7) is 5.15. The highest BCUT2D eigenvalue weighted by Gasteiger charge is 2.50. The molecular weight excluding hydrogens is 431 g/mol. The number of benzene rings is 1. The molecule has 0 saturated heterocycles. The van der Waals surface area contributed by atoms with E-state index >= 15 is 8.63 Å². The first kappa shape index (κ1) is 22.8. The summed E-state index contributed by atoms with van der Waals surface area (Å²) in [6.07, 6.45) is 4.95. The lowest BCUT2D eigenvalue weighted by Gasteiger charge is -2.37. The monoisotopic (exact) mass is 459 g/mol. The normalized spacial score (nSPS) is 16.6. The van der Waals surface area contributed by atoms with Crippen molar-refractivity contribution in [2.45, 2.75) is 40.5 Å². The van der Waals surface area contributed by atoms with Crippen molar-refractivity contribution in [2.24, 2.45) is 0 Å². The van der Waals surface area contributed by atoms with Crippen molar-refractivity contribution in [3.05, 3.63) is 75.2 Å². The number of halogens is 3. The number of fused-ring (bicyclic) bond motifs is 2. The molecule has 2 aliphatic heterocycles. The van der Waals surface area contributed by atoms with Gasteiger partial charge in [-0.1, -0.05) is 29.3 Å². The summed E-state index contributed by atoms with van der Waals surface area (Å²) in [4.78, 5) is 1.95. The predicted octanol–water partition coefficient (Wildman–Crippen LogP) is 5.14. The molecule has 170 valence electrons. The van der Waals surface area contributed by atoms with Crippen molar-refractivity contribution >= 4 is 30.0 Å². The molecular formula is C24H29BClF2N3O. The summed E-state index contributed by atoms with van der Waals surface area (Å²) in [5.41, 5.74) is 5.91. The SMILES string of the molecule is CCN(CCCCO)C1=[N+]2C(=C(c3c(C)cc(C)cc3C)c3ccc(Cl)n3[B-]2(F)F)C=C1. The van der Waals surface area contributed by atoms with Gasteiger partial charge in [0.25, 0.3) is 0 Å². The number of likely N-dealkylation sites (N-methyl/N-ethyl adjacent to an activating group) is 1. The van der Waals surface area contributed by atoms with Crippen LogP contribution in [0, 0.1) is 20.8 Å². The van der Waals surface area contributed by atoms with Crippen LogP contribution in [0.25, 0.3) is 5.57 Å². The minimum absolute atomic E-state index is 0.0264. The fourth-order valence-electron chi connectivity index (χ4n) is 5.09. The second-order valence-corrected chi connectivity index (χ2v) is 8.99. The third kappa shape index (κ3) is 3.52. The Bertz CT molecular complexity index is 1140. The van der Waals surface area contributed by atoms with E-state index in [1.165, 1.54) is 4.49 Å². The predicted molar refractivity (Wildman–Crippen MR) is 127 cm³/mol. The summed E-state index contributed by atoms with van der Waals surface area (Å²) >= 11 is 6.33. The molecule has 0 atom stereocenters. The number of aliphatic hydroxyl groups is 1. The summed E-state index contributed by atoms with van der Waals surface area (Å²) in [7, 11) is 0. The number of aliphatic hydroxyl groups excluding tert-OH is 1. The Kier molecular flexibility index (Phi) is 6.07. The largest absolute Gasteiger partial charge is 0.640 e. The lowest BCUT2D eigenvalue weighted by molar-refractivity contribution is -0.367. The average molecular weight is 460 g/mol. The number of allylic oxidation sites excluding steroid dienone is 1. The summed E-state index contributed by atoms with van der Waals surface area (Å²) in [6, 6.07) is 7.42. The van der Waals surface area contributed by atoms with Gasteiger partial charge in [0.1, 0.15) is 0 Å². The van der Waals surface area contributed by atoms with Crippen molar-refractivity contribution in [1.29, 1.82) is 0 Å². The van der Waals surface area contributed by atoms with Gasteiger partial charge in [-0.05, 0) is 75.4 Å². The van der Waals surface area contributed by atoms with Gasteiger partial charge in [-0.3, -0.25) is 4.90 Å². The molecule has 0 fully saturated rings. The van der Waals surface area contributed by atoms with E-state index in [0.29, 0.717) is 36.7 Å². The van der Waals surface area contributed by atoms with E-state index in [4.69, 9.17) is 16.7 Å². The fraction of sp³-hybridized carbons (Fsp3) is 0.375. The van der Waals surface area contributed by atoms with Crippen molar-refractivity contribution in [2.75, 3.05) is 19.7 Å². The van der Waals surface area contributed by atoms with Gasteiger partial charge in [0.15, 0.2) is 0 Å². The first-order valence-electron chi connectivity index (χ1n) is 11.1. The van der Waals surface area contributed by atoms with E-state index in [1.54, 1.807) is 24.3 Å². The second-order valence-electron chi connectivity index (χ2n) is 8.61. The Morgan fingerprint density at radius 3 is 2.41 bits per heavy atom. The van der Waals surface area contributed by atoms with Crippen molar-refractivity contribution < 1.29 is 18.2 Å². The molecule has 0 unspecified atom stereocenters. The molecule has 4 nitrogen and oxygen atoms in total. The van der Waals surface area contributed by atoms with E-state index < -0.39 is 6.97 Å². The number of aromatic nitrogens is 1. The maximum atomic E-state index is 16.0. The number of aryl methyl sites for hydroxylation is 3. The zero-order chi connectivity index (χ0) is 23.2. The van der Waals surface area contributed by atoms with Crippen LogP contribution in [0.4, 0.5) is 8.63 Å². The van der Waals surface area contributed by atoms with Crippen LogP contribution in [0.3, 0.4) is 0 Å². The topological polar surface area (TPSA) is 31.4 Å². The van der Waals surface area contributed by atoms with Crippen molar-refractivity contribution in [1.82, 2.24) is 9.38 Å². The van der Waals surface area contributed by atoms with Crippen LogP contribution in [0.5, 0.6) is 0 Å². The molecule has 0 saturated carbocycles. The van der Waals surface area contributed by atoms with Gasteiger partial charge in [0.2, 0.25) is 5.84 Å². The van der Waals surface area contributed by atoms with Crippen LogP contribution >= 0.6 is 11.6 Å². The highest BCUT2D eigenvalue weighted by atomic mass is 35.5. The number of hydrogen-bond donors (Lipinski definition) is 1. The van der Waals surface area contributed by atoms with Gasteiger partial charge >= 0.3 is 6.97 Å². The molecule has 1 aromatic heterocycles. The molecule has 3 heterocycles. The Morgan fingerprint density at radius 1 is 1.09 bits per heavy atom. The summed E-state index contributed by atoms with van der Waals surface area (Å²) in [5.74, 6) is 0.473. The number of hydrogen-bond acceptors (Lipinski definition) is 2. The summed E-state index contributed by atoms with van der Waals surface area (Å²) < 4.78 is 34.3. The molecule has 0 radical (unpaired) electrons. The summed E-state index contributed by atoms with van der Waals surface area (Å²) in [5, 5.41) is 9.17. The van der Waals surface area contributed by atoms with Crippen LogP contribution in [0.2, 0.25) is 5.15 Å². The van der Waals surface area contributed by atoms with Crippen LogP contribution in [-0.2, 0) is 0 Å². The molecule has 4 rings (SSSR count). The Morgan fingerprint density at radius 2 is 1.78 bits per heavy atom. The molecule has 0 spiro atoms. The fourth-order valence-corrected chi connectivity index (χ4v) is 5.37. The first-order valence-corrected chi connectivity index (χ1v) is 11.5. The van der Waals surface area contributed by atoms with Gasteiger partial charge in [-0.2, -0.15) is 0 Å². The first-order chi connectivity index (χ1) is 15.2. The van der Waals surface area contributed by atoms with Crippen LogP contribution < -0.4 is 0 Å². The zero-order valence-corrected chi connectivity index (χ0v) is 19.8. The van der Waals surface area contributed by atoms with Gasteiger partial charge < -0.3 is 22.7 Å². The second kappa shape index (κ2) is 8.52. The number of amidine groups is 1. The minimum atomic E-state index is -4.17. The Balaban J connectivity index is 2.00. The maximum absolute atomic E-state index is 16.0.